The molecule has 5 nitrogen and oxygen atoms in total. The van der Waals surface area contributed by atoms with Crippen LogP contribution < -0.4 is 11.1 Å². The van der Waals surface area contributed by atoms with E-state index in [2.05, 4.69) is 21.2 Å². The Kier molecular flexibility index (Phi) is 5.50. The quantitative estimate of drug-likeness (QED) is 0.774. The van der Waals surface area contributed by atoms with Crippen molar-refractivity contribution < 1.29 is 14.7 Å². The Labute approximate surface area is 120 Å². The summed E-state index contributed by atoms with van der Waals surface area (Å²) >= 11 is 3.23. The van der Waals surface area contributed by atoms with Gasteiger partial charge in [-0.1, -0.05) is 13.8 Å². The zero-order valence-corrected chi connectivity index (χ0v) is 12.4. The van der Waals surface area contributed by atoms with Gasteiger partial charge >= 0.3 is 5.97 Å². The lowest BCUT2D eigenvalue weighted by atomic mass is 10.0. The number of carbonyl (C=O) groups is 2. The first kappa shape index (κ1) is 15.7. The van der Waals surface area contributed by atoms with E-state index in [0.717, 1.165) is 0 Å². The topological polar surface area (TPSA) is 92.4 Å². The van der Waals surface area contributed by atoms with Gasteiger partial charge in [0.1, 0.15) is 0 Å². The summed E-state index contributed by atoms with van der Waals surface area (Å²) in [5.74, 6) is -0.978. The highest BCUT2D eigenvalue weighted by Gasteiger charge is 2.14. The highest BCUT2D eigenvalue weighted by atomic mass is 79.9. The van der Waals surface area contributed by atoms with Crippen LogP contribution in [0.5, 0.6) is 0 Å². The van der Waals surface area contributed by atoms with Gasteiger partial charge in [-0.05, 0) is 40.0 Å². The van der Waals surface area contributed by atoms with Crippen LogP contribution in [0.3, 0.4) is 0 Å². The number of nitrogens with two attached hydrogens (primary N) is 1. The van der Waals surface area contributed by atoms with Crippen molar-refractivity contribution in [2.24, 2.45) is 11.7 Å². The highest BCUT2D eigenvalue weighted by molar-refractivity contribution is 9.10. The number of nitrogens with one attached hydrogen (secondary N) is 1. The Balaban J connectivity index is 2.72. The van der Waals surface area contributed by atoms with E-state index in [-0.39, 0.29) is 29.9 Å². The molecule has 0 aliphatic carbocycles. The SMILES string of the molecule is CC(C)C(N)CC(=O)Nc1ccc(C(=O)O)cc1Br. The first-order valence-electron chi connectivity index (χ1n) is 5.89. The van der Waals surface area contributed by atoms with E-state index in [9.17, 15) is 9.59 Å². The minimum Gasteiger partial charge on any atom is -0.478 e. The van der Waals surface area contributed by atoms with E-state index in [0.29, 0.717) is 10.2 Å². The highest BCUT2D eigenvalue weighted by Crippen LogP contribution is 2.24. The number of hydrogen-bond donors (Lipinski definition) is 3. The molecule has 1 amide bonds. The average molecular weight is 329 g/mol. The number of aromatic carboxylic acids is 1. The van der Waals surface area contributed by atoms with Crippen molar-refractivity contribution in [1.29, 1.82) is 0 Å². The maximum atomic E-state index is 11.8. The molecule has 0 spiro atoms. The Morgan fingerprint density at radius 2 is 2.05 bits per heavy atom. The lowest BCUT2D eigenvalue weighted by Gasteiger charge is -2.15. The van der Waals surface area contributed by atoms with Gasteiger partial charge in [0.05, 0.1) is 11.3 Å². The molecule has 0 aliphatic heterocycles. The molecule has 0 heterocycles. The smallest absolute Gasteiger partial charge is 0.335 e. The van der Waals surface area contributed by atoms with Gasteiger partial charge in [0.25, 0.3) is 0 Å². The predicted molar refractivity (Wildman–Crippen MR) is 77.2 cm³/mol. The van der Waals surface area contributed by atoms with E-state index in [1.165, 1.54) is 12.1 Å². The minimum absolute atomic E-state index is 0.156. The molecular formula is C13H17BrN2O3. The fourth-order valence-corrected chi connectivity index (χ4v) is 1.88. The van der Waals surface area contributed by atoms with Crippen LogP contribution >= 0.6 is 15.9 Å². The van der Waals surface area contributed by atoms with Crippen LogP contribution in [0.4, 0.5) is 5.69 Å². The van der Waals surface area contributed by atoms with Crippen molar-refractivity contribution in [2.45, 2.75) is 26.3 Å². The van der Waals surface area contributed by atoms with E-state index in [1.54, 1.807) is 6.07 Å². The van der Waals surface area contributed by atoms with E-state index < -0.39 is 5.97 Å². The number of rotatable bonds is 5. The lowest BCUT2D eigenvalue weighted by Crippen LogP contribution is -2.31. The van der Waals surface area contributed by atoms with Crippen LogP contribution in [-0.4, -0.2) is 23.0 Å². The molecule has 1 unspecified atom stereocenters. The molecule has 1 aromatic rings. The fraction of sp³-hybridized carbons (Fsp3) is 0.385. The van der Waals surface area contributed by atoms with Gasteiger partial charge in [-0.3, -0.25) is 4.79 Å². The van der Waals surface area contributed by atoms with Crippen LogP contribution in [0.2, 0.25) is 0 Å². The Hall–Kier alpha value is -1.40. The van der Waals surface area contributed by atoms with Gasteiger partial charge in [-0.2, -0.15) is 0 Å². The van der Waals surface area contributed by atoms with Crippen molar-refractivity contribution in [2.75, 3.05) is 5.32 Å². The Morgan fingerprint density at radius 1 is 1.42 bits per heavy atom. The third-order valence-corrected chi connectivity index (χ3v) is 3.42. The van der Waals surface area contributed by atoms with Gasteiger partial charge < -0.3 is 16.2 Å². The van der Waals surface area contributed by atoms with Crippen molar-refractivity contribution in [1.82, 2.24) is 0 Å². The molecule has 19 heavy (non-hydrogen) atoms. The van der Waals surface area contributed by atoms with Crippen LogP contribution in [0, 0.1) is 5.92 Å². The number of anilines is 1. The van der Waals surface area contributed by atoms with Gasteiger partial charge in [-0.15, -0.1) is 0 Å². The van der Waals surface area contributed by atoms with Crippen LogP contribution in [0.1, 0.15) is 30.6 Å². The Morgan fingerprint density at radius 3 is 2.53 bits per heavy atom. The van der Waals surface area contributed by atoms with E-state index in [1.807, 2.05) is 13.8 Å². The molecule has 0 saturated carbocycles. The summed E-state index contributed by atoms with van der Waals surface area (Å²) in [6.07, 6.45) is 0.227. The number of benzene rings is 1. The maximum Gasteiger partial charge on any atom is 0.335 e. The third-order valence-electron chi connectivity index (χ3n) is 2.77. The van der Waals surface area contributed by atoms with E-state index in [4.69, 9.17) is 10.8 Å². The predicted octanol–water partition coefficient (Wildman–Crippen LogP) is 2.46. The zero-order chi connectivity index (χ0) is 14.6. The maximum absolute atomic E-state index is 11.8. The molecule has 0 bridgehead atoms. The van der Waals surface area contributed by atoms with Crippen molar-refractivity contribution in [3.63, 3.8) is 0 Å². The first-order chi connectivity index (χ1) is 8.81. The zero-order valence-electron chi connectivity index (χ0n) is 10.8. The molecular weight excluding hydrogens is 312 g/mol. The van der Waals surface area contributed by atoms with Gasteiger partial charge in [-0.25, -0.2) is 4.79 Å². The van der Waals surface area contributed by atoms with Crippen molar-refractivity contribution >= 4 is 33.5 Å². The second kappa shape index (κ2) is 6.68. The summed E-state index contributed by atoms with van der Waals surface area (Å²) in [4.78, 5) is 22.6. The van der Waals surface area contributed by atoms with Crippen LogP contribution in [0.15, 0.2) is 22.7 Å². The molecule has 6 heteroatoms. The molecule has 1 atom stereocenters. The number of hydrogen-bond acceptors (Lipinski definition) is 3. The normalized spacial score (nSPS) is 12.3. The summed E-state index contributed by atoms with van der Waals surface area (Å²) in [6.45, 7) is 3.91. The molecule has 1 aromatic carbocycles. The number of amides is 1. The van der Waals surface area contributed by atoms with E-state index >= 15 is 0 Å². The third kappa shape index (κ3) is 4.65. The van der Waals surface area contributed by atoms with Crippen molar-refractivity contribution in [3.05, 3.63) is 28.2 Å². The van der Waals surface area contributed by atoms with Crippen LogP contribution in [-0.2, 0) is 4.79 Å². The Bertz CT molecular complexity index is 489. The fourth-order valence-electron chi connectivity index (χ4n) is 1.40. The number of carboxylic acids is 1. The minimum atomic E-state index is -1.01. The second-order valence-corrected chi connectivity index (χ2v) is 5.51. The molecule has 0 radical (unpaired) electrons. The molecule has 0 aromatic heterocycles. The average Bonchev–Trinajstić information content (AvgIpc) is 2.31. The largest absolute Gasteiger partial charge is 0.478 e. The molecule has 1 rings (SSSR count). The summed E-state index contributed by atoms with van der Waals surface area (Å²) in [7, 11) is 0. The number of carbonyl (C=O) groups excluding carboxylic acids is 1. The summed E-state index contributed by atoms with van der Waals surface area (Å²) < 4.78 is 0.527. The van der Waals surface area contributed by atoms with Gasteiger partial charge in [0, 0.05) is 16.9 Å². The summed E-state index contributed by atoms with van der Waals surface area (Å²) in [5, 5.41) is 11.5. The molecule has 104 valence electrons. The van der Waals surface area contributed by atoms with Crippen molar-refractivity contribution in [3.8, 4) is 0 Å². The summed E-state index contributed by atoms with van der Waals surface area (Å²) in [5.41, 5.74) is 6.51. The van der Waals surface area contributed by atoms with Gasteiger partial charge in [0.15, 0.2) is 0 Å². The monoisotopic (exact) mass is 328 g/mol. The second-order valence-electron chi connectivity index (χ2n) is 4.66. The number of carboxylic acid groups (broad SMARTS) is 1. The van der Waals surface area contributed by atoms with Gasteiger partial charge in [0.2, 0.25) is 5.91 Å². The molecule has 0 saturated heterocycles. The summed E-state index contributed by atoms with van der Waals surface area (Å²) in [6, 6.07) is 4.23. The standard InChI is InChI=1S/C13H17BrN2O3/c1-7(2)10(15)6-12(17)16-11-4-3-8(13(18)19)5-9(11)14/h3-5,7,10H,6,15H2,1-2H3,(H,16,17)(H,18,19). The lowest BCUT2D eigenvalue weighted by molar-refractivity contribution is -0.116. The molecule has 0 fully saturated rings. The number of halogens is 1. The van der Waals surface area contributed by atoms with Crippen LogP contribution in [0.25, 0.3) is 0 Å². The molecule has 0 aliphatic rings. The first-order valence-corrected chi connectivity index (χ1v) is 6.69. The molecule has 4 N–H and O–H groups in total.